The van der Waals surface area contributed by atoms with Crippen molar-refractivity contribution >= 4 is 15.9 Å². The maximum Gasteiger partial charge on any atom is 0.159 e. The van der Waals surface area contributed by atoms with Crippen LogP contribution in [0.4, 0.5) is 8.78 Å². The fourth-order valence-corrected chi connectivity index (χ4v) is 1.42. The molecule has 1 aromatic rings. The molecule has 4 heteroatoms. The van der Waals surface area contributed by atoms with E-state index in [-0.39, 0.29) is 0 Å². The van der Waals surface area contributed by atoms with Gasteiger partial charge in [-0.25, -0.2) is 8.78 Å². The first-order valence-electron chi connectivity index (χ1n) is 3.48. The molecule has 0 amide bonds. The van der Waals surface area contributed by atoms with E-state index in [2.05, 4.69) is 15.9 Å². The highest BCUT2D eigenvalue weighted by molar-refractivity contribution is 9.10. The van der Waals surface area contributed by atoms with E-state index in [1.807, 2.05) is 0 Å². The normalized spacial score (nSPS) is 10.3. The predicted octanol–water partition coefficient (Wildman–Crippen LogP) is 2.23. The van der Waals surface area contributed by atoms with Crippen LogP contribution < -0.4 is 5.73 Å². The Hall–Kier alpha value is -0.480. The number of benzene rings is 1. The molecule has 1 aromatic carbocycles. The molecule has 12 heavy (non-hydrogen) atoms. The summed E-state index contributed by atoms with van der Waals surface area (Å²) in [7, 11) is 0. The van der Waals surface area contributed by atoms with E-state index in [4.69, 9.17) is 5.73 Å². The second-order valence-corrected chi connectivity index (χ2v) is 3.25. The Morgan fingerprint density at radius 3 is 2.42 bits per heavy atom. The van der Waals surface area contributed by atoms with Crippen molar-refractivity contribution in [1.82, 2.24) is 0 Å². The van der Waals surface area contributed by atoms with Gasteiger partial charge < -0.3 is 5.73 Å². The van der Waals surface area contributed by atoms with E-state index >= 15 is 0 Å². The Balaban J connectivity index is 3.05. The molecule has 0 unspecified atom stereocenters. The summed E-state index contributed by atoms with van der Waals surface area (Å²) in [6.07, 6.45) is 0.539. The van der Waals surface area contributed by atoms with Gasteiger partial charge in [0.15, 0.2) is 11.6 Å². The summed E-state index contributed by atoms with van der Waals surface area (Å²) in [4.78, 5) is 0. The van der Waals surface area contributed by atoms with Gasteiger partial charge in [-0.2, -0.15) is 0 Å². The van der Waals surface area contributed by atoms with Crippen LogP contribution in [0.25, 0.3) is 0 Å². The maximum absolute atomic E-state index is 12.6. The van der Waals surface area contributed by atoms with Gasteiger partial charge >= 0.3 is 0 Å². The minimum Gasteiger partial charge on any atom is -0.330 e. The van der Waals surface area contributed by atoms with Gasteiger partial charge in [0.05, 0.1) is 0 Å². The number of hydrogen-bond donors (Lipinski definition) is 1. The maximum atomic E-state index is 12.6. The third-order valence-electron chi connectivity index (χ3n) is 1.50. The molecule has 0 spiro atoms. The van der Waals surface area contributed by atoms with Gasteiger partial charge in [0.1, 0.15) is 0 Å². The molecule has 0 saturated heterocycles. The van der Waals surface area contributed by atoms with Gasteiger partial charge in [-0.3, -0.25) is 0 Å². The second kappa shape index (κ2) is 3.96. The van der Waals surface area contributed by atoms with E-state index in [1.165, 1.54) is 0 Å². The van der Waals surface area contributed by atoms with Gasteiger partial charge in [0, 0.05) is 4.47 Å². The van der Waals surface area contributed by atoms with Crippen LogP contribution in [0.3, 0.4) is 0 Å². The molecule has 0 bridgehead atoms. The molecule has 1 nitrogen and oxygen atoms in total. The van der Waals surface area contributed by atoms with Crippen molar-refractivity contribution in [1.29, 1.82) is 0 Å². The summed E-state index contributed by atoms with van der Waals surface area (Å²) in [6.45, 7) is 0.420. The number of hydrogen-bond acceptors (Lipinski definition) is 1. The predicted molar refractivity (Wildman–Crippen MR) is 46.8 cm³/mol. The van der Waals surface area contributed by atoms with Gasteiger partial charge in [-0.1, -0.05) is 15.9 Å². The molecule has 2 N–H and O–H groups in total. The van der Waals surface area contributed by atoms with Crippen molar-refractivity contribution in [3.8, 4) is 0 Å². The van der Waals surface area contributed by atoms with Crippen LogP contribution >= 0.6 is 15.9 Å². The third kappa shape index (κ3) is 2.01. The van der Waals surface area contributed by atoms with Gasteiger partial charge in [0.25, 0.3) is 0 Å². The summed E-state index contributed by atoms with van der Waals surface area (Å²) >= 11 is 3.12. The molecule has 0 aliphatic rings. The Morgan fingerprint density at radius 1 is 1.25 bits per heavy atom. The average Bonchev–Trinajstić information content (AvgIpc) is 2.01. The molecule has 0 aliphatic heterocycles. The fraction of sp³-hybridized carbons (Fsp3) is 0.250. The van der Waals surface area contributed by atoms with Crippen molar-refractivity contribution in [2.24, 2.45) is 5.73 Å². The summed E-state index contributed by atoms with van der Waals surface area (Å²) in [5, 5.41) is 0. The smallest absolute Gasteiger partial charge is 0.159 e. The lowest BCUT2D eigenvalue weighted by Crippen LogP contribution is -2.04. The van der Waals surface area contributed by atoms with Crippen LogP contribution in [0.5, 0.6) is 0 Å². The van der Waals surface area contributed by atoms with Gasteiger partial charge in [0.2, 0.25) is 0 Å². The third-order valence-corrected chi connectivity index (χ3v) is 2.24. The lowest BCUT2D eigenvalue weighted by molar-refractivity contribution is 0.506. The Bertz CT molecular complexity index is 289. The molecule has 0 radical (unpaired) electrons. The number of rotatable bonds is 2. The zero-order chi connectivity index (χ0) is 9.14. The van der Waals surface area contributed by atoms with Crippen LogP contribution in [-0.4, -0.2) is 6.54 Å². The molecular formula is C8H8BrF2N. The molecular weight excluding hydrogens is 228 g/mol. The monoisotopic (exact) mass is 235 g/mol. The number of halogens is 3. The molecule has 0 aromatic heterocycles. The van der Waals surface area contributed by atoms with Crippen LogP contribution in [0.15, 0.2) is 16.6 Å². The molecule has 0 saturated carbocycles. The van der Waals surface area contributed by atoms with E-state index in [0.29, 0.717) is 23.0 Å². The second-order valence-electron chi connectivity index (χ2n) is 2.40. The number of nitrogens with two attached hydrogens (primary N) is 1. The Labute approximate surface area is 77.7 Å². The zero-order valence-electron chi connectivity index (χ0n) is 6.28. The van der Waals surface area contributed by atoms with Crippen molar-refractivity contribution in [3.05, 3.63) is 33.8 Å². The summed E-state index contributed by atoms with van der Waals surface area (Å²) in [5.74, 6) is -1.68. The van der Waals surface area contributed by atoms with Gasteiger partial charge in [-0.05, 0) is 30.7 Å². The minimum atomic E-state index is -0.845. The molecule has 66 valence electrons. The van der Waals surface area contributed by atoms with E-state index in [9.17, 15) is 8.78 Å². The molecule has 0 heterocycles. The lowest BCUT2D eigenvalue weighted by atomic mass is 10.1. The summed E-state index contributed by atoms with van der Waals surface area (Å²) in [6, 6.07) is 2.27. The van der Waals surface area contributed by atoms with Crippen molar-refractivity contribution in [3.63, 3.8) is 0 Å². The van der Waals surface area contributed by atoms with Gasteiger partial charge in [-0.15, -0.1) is 0 Å². The largest absolute Gasteiger partial charge is 0.330 e. The van der Waals surface area contributed by atoms with Crippen LogP contribution in [-0.2, 0) is 6.42 Å². The first kappa shape index (κ1) is 9.61. The zero-order valence-corrected chi connectivity index (χ0v) is 7.87. The highest BCUT2D eigenvalue weighted by atomic mass is 79.9. The summed E-state index contributed by atoms with van der Waals surface area (Å²) in [5.41, 5.74) is 5.97. The lowest BCUT2D eigenvalue weighted by Gasteiger charge is -2.02. The highest BCUT2D eigenvalue weighted by Crippen LogP contribution is 2.20. The average molecular weight is 236 g/mol. The van der Waals surface area contributed by atoms with E-state index < -0.39 is 11.6 Å². The summed E-state index contributed by atoms with van der Waals surface area (Å²) < 4.78 is 25.8. The minimum absolute atomic E-state index is 0.420. The first-order valence-corrected chi connectivity index (χ1v) is 4.28. The standard InChI is InChI=1S/C8H8BrF2N/c9-6-4-8(11)7(10)3-5(6)1-2-12/h3-4H,1-2,12H2. The molecule has 0 atom stereocenters. The Morgan fingerprint density at radius 2 is 1.83 bits per heavy atom. The molecule has 0 fully saturated rings. The van der Waals surface area contributed by atoms with E-state index in [1.54, 1.807) is 0 Å². The van der Waals surface area contributed by atoms with E-state index in [0.717, 1.165) is 12.1 Å². The Kier molecular flexibility index (Phi) is 3.17. The molecule has 0 aliphatic carbocycles. The quantitative estimate of drug-likeness (QED) is 0.783. The van der Waals surface area contributed by atoms with Crippen molar-refractivity contribution in [2.45, 2.75) is 6.42 Å². The molecule has 1 rings (SSSR count). The fourth-order valence-electron chi connectivity index (χ4n) is 0.911. The van der Waals surface area contributed by atoms with Crippen LogP contribution in [0.1, 0.15) is 5.56 Å². The van der Waals surface area contributed by atoms with Crippen LogP contribution in [0.2, 0.25) is 0 Å². The first-order chi connectivity index (χ1) is 5.65. The topological polar surface area (TPSA) is 26.0 Å². The highest BCUT2D eigenvalue weighted by Gasteiger charge is 2.06. The SMILES string of the molecule is NCCc1cc(F)c(F)cc1Br. The van der Waals surface area contributed by atoms with Crippen molar-refractivity contribution in [2.75, 3.05) is 6.54 Å². The van der Waals surface area contributed by atoms with Crippen LogP contribution in [0, 0.1) is 11.6 Å². The van der Waals surface area contributed by atoms with Crippen molar-refractivity contribution < 1.29 is 8.78 Å².